The summed E-state index contributed by atoms with van der Waals surface area (Å²) < 4.78 is 8.60. The fourth-order valence-electron chi connectivity index (χ4n) is 1.74. The highest BCUT2D eigenvalue weighted by molar-refractivity contribution is 9.10. The van der Waals surface area contributed by atoms with Crippen LogP contribution < -0.4 is 10.1 Å². The van der Waals surface area contributed by atoms with Crippen LogP contribution in [0.25, 0.3) is 0 Å². The Bertz CT molecular complexity index is 571. The lowest BCUT2D eigenvalue weighted by Gasteiger charge is -2.13. The molecule has 19 heavy (non-hydrogen) atoms. The van der Waals surface area contributed by atoms with Crippen LogP contribution in [0.1, 0.15) is 11.4 Å². The van der Waals surface area contributed by atoms with Crippen molar-refractivity contribution >= 4 is 27.5 Å². The van der Waals surface area contributed by atoms with E-state index in [0.717, 1.165) is 28.2 Å². The van der Waals surface area contributed by atoms with E-state index in [0.29, 0.717) is 11.8 Å². The number of nitrogens with zero attached hydrogens (tertiary/aromatic N) is 2. The molecule has 1 aromatic carbocycles. The van der Waals surface area contributed by atoms with Crippen molar-refractivity contribution in [1.29, 1.82) is 0 Å². The van der Waals surface area contributed by atoms with Gasteiger partial charge in [-0.2, -0.15) is 0 Å². The Kier molecular flexibility index (Phi) is 4.85. The number of para-hydroxylation sites is 1. The van der Waals surface area contributed by atoms with Crippen molar-refractivity contribution in [2.75, 3.05) is 7.05 Å². The fourth-order valence-corrected chi connectivity index (χ4v) is 2.41. The molecule has 0 aliphatic carbocycles. The molecular weight excluding hydrogens is 330 g/mol. The molecule has 0 bridgehead atoms. The van der Waals surface area contributed by atoms with Crippen molar-refractivity contribution in [3.63, 3.8) is 0 Å². The number of halogens is 2. The van der Waals surface area contributed by atoms with Gasteiger partial charge in [0.2, 0.25) is 0 Å². The average molecular weight is 345 g/mol. The Hall–Kier alpha value is -1.04. The lowest BCUT2D eigenvalue weighted by atomic mass is 10.2. The molecule has 0 amide bonds. The van der Waals surface area contributed by atoms with Crippen molar-refractivity contribution in [2.45, 2.75) is 13.2 Å². The molecule has 0 fully saturated rings. The van der Waals surface area contributed by atoms with Crippen molar-refractivity contribution in [3.05, 3.63) is 45.4 Å². The summed E-state index contributed by atoms with van der Waals surface area (Å²) in [5.41, 5.74) is 1.09. The zero-order valence-electron chi connectivity index (χ0n) is 10.8. The first kappa shape index (κ1) is 14.4. The molecule has 0 spiro atoms. The molecule has 102 valence electrons. The maximum absolute atomic E-state index is 5.95. The normalized spacial score (nSPS) is 10.7. The third-order valence-electron chi connectivity index (χ3n) is 2.79. The van der Waals surface area contributed by atoms with Gasteiger partial charge in [0.25, 0.3) is 0 Å². The first-order valence-corrected chi connectivity index (χ1v) is 7.01. The van der Waals surface area contributed by atoms with Crippen molar-refractivity contribution in [1.82, 2.24) is 14.9 Å². The van der Waals surface area contributed by atoms with Crippen LogP contribution in [0.5, 0.6) is 5.75 Å². The van der Waals surface area contributed by atoms with Gasteiger partial charge in [-0.25, -0.2) is 4.98 Å². The van der Waals surface area contributed by atoms with E-state index in [4.69, 9.17) is 16.3 Å². The van der Waals surface area contributed by atoms with Crippen LogP contribution in [0.3, 0.4) is 0 Å². The number of benzene rings is 1. The van der Waals surface area contributed by atoms with Crippen molar-refractivity contribution in [3.8, 4) is 5.75 Å². The number of hydrogen-bond donors (Lipinski definition) is 1. The van der Waals surface area contributed by atoms with E-state index in [2.05, 4.69) is 26.2 Å². The first-order valence-electron chi connectivity index (χ1n) is 5.84. The maximum Gasteiger partial charge on any atom is 0.147 e. The second-order valence-corrected chi connectivity index (χ2v) is 5.34. The molecule has 2 aromatic rings. The Morgan fingerprint density at radius 2 is 2.26 bits per heavy atom. The predicted octanol–water partition coefficient (Wildman–Crippen LogP) is 3.13. The highest BCUT2D eigenvalue weighted by atomic mass is 79.9. The summed E-state index contributed by atoms with van der Waals surface area (Å²) in [5, 5.41) is 3.72. The zero-order chi connectivity index (χ0) is 13.8. The number of aromatic nitrogens is 2. The lowest BCUT2D eigenvalue weighted by molar-refractivity contribution is 0.286. The third-order valence-corrected chi connectivity index (χ3v) is 3.76. The standard InChI is InChI=1S/C13H15BrClN3O/c1-16-6-9-4-3-5-10(14)13(9)19-8-12-17-7-11(15)18(12)2/h3-5,7,16H,6,8H2,1-2H3. The van der Waals surface area contributed by atoms with E-state index < -0.39 is 0 Å². The summed E-state index contributed by atoms with van der Waals surface area (Å²) in [6, 6.07) is 5.98. The van der Waals surface area contributed by atoms with Gasteiger partial charge >= 0.3 is 0 Å². The summed E-state index contributed by atoms with van der Waals surface area (Å²) >= 11 is 9.46. The Labute approximate surface area is 125 Å². The first-order chi connectivity index (χ1) is 9.13. The highest BCUT2D eigenvalue weighted by Gasteiger charge is 2.10. The molecular formula is C13H15BrClN3O. The molecule has 0 saturated carbocycles. The Balaban J connectivity index is 2.17. The molecule has 1 N–H and O–H groups in total. The smallest absolute Gasteiger partial charge is 0.147 e. The van der Waals surface area contributed by atoms with Crippen LogP contribution >= 0.6 is 27.5 Å². The number of imidazole rings is 1. The molecule has 0 radical (unpaired) electrons. The number of ether oxygens (including phenoxy) is 1. The van der Waals surface area contributed by atoms with E-state index in [1.165, 1.54) is 0 Å². The van der Waals surface area contributed by atoms with Gasteiger partial charge in [-0.15, -0.1) is 0 Å². The lowest BCUT2D eigenvalue weighted by Crippen LogP contribution is -2.09. The molecule has 2 rings (SSSR count). The summed E-state index contributed by atoms with van der Waals surface area (Å²) in [6.45, 7) is 1.12. The second kappa shape index (κ2) is 6.41. The summed E-state index contributed by atoms with van der Waals surface area (Å²) in [6.07, 6.45) is 1.62. The van der Waals surface area contributed by atoms with Gasteiger partial charge in [0.05, 0.1) is 10.7 Å². The third kappa shape index (κ3) is 3.29. The molecule has 4 nitrogen and oxygen atoms in total. The van der Waals surface area contributed by atoms with Gasteiger partial charge in [-0.1, -0.05) is 23.7 Å². The van der Waals surface area contributed by atoms with Crippen LogP contribution in [-0.2, 0) is 20.2 Å². The summed E-state index contributed by atoms with van der Waals surface area (Å²) in [7, 11) is 3.77. The molecule has 0 aliphatic rings. The Morgan fingerprint density at radius 3 is 2.89 bits per heavy atom. The minimum atomic E-state index is 0.378. The fraction of sp³-hybridized carbons (Fsp3) is 0.308. The van der Waals surface area contributed by atoms with Gasteiger partial charge in [0.1, 0.15) is 23.3 Å². The minimum absolute atomic E-state index is 0.378. The SMILES string of the molecule is CNCc1cccc(Br)c1OCc1ncc(Cl)n1C. The van der Waals surface area contributed by atoms with E-state index >= 15 is 0 Å². The van der Waals surface area contributed by atoms with Crippen LogP contribution in [-0.4, -0.2) is 16.6 Å². The molecule has 1 aromatic heterocycles. The van der Waals surface area contributed by atoms with Gasteiger partial charge in [0.15, 0.2) is 0 Å². The molecule has 0 unspecified atom stereocenters. The van der Waals surface area contributed by atoms with Crippen molar-refractivity contribution < 1.29 is 4.74 Å². The van der Waals surface area contributed by atoms with Gasteiger partial charge in [-0.3, -0.25) is 0 Å². The topological polar surface area (TPSA) is 39.1 Å². The monoisotopic (exact) mass is 343 g/mol. The number of nitrogens with one attached hydrogen (secondary N) is 1. The van der Waals surface area contributed by atoms with Crippen molar-refractivity contribution in [2.24, 2.45) is 7.05 Å². The molecule has 0 atom stereocenters. The average Bonchev–Trinajstić information content (AvgIpc) is 2.70. The van der Waals surface area contributed by atoms with Crippen LogP contribution in [0.15, 0.2) is 28.9 Å². The highest BCUT2D eigenvalue weighted by Crippen LogP contribution is 2.29. The van der Waals surface area contributed by atoms with Crippen LogP contribution in [0, 0.1) is 0 Å². The van der Waals surface area contributed by atoms with E-state index in [1.807, 2.05) is 32.3 Å². The largest absolute Gasteiger partial charge is 0.484 e. The van der Waals surface area contributed by atoms with E-state index in [-0.39, 0.29) is 0 Å². The van der Waals surface area contributed by atoms with Gasteiger partial charge in [-0.05, 0) is 29.0 Å². The molecule has 1 heterocycles. The molecule has 0 saturated heterocycles. The molecule has 6 heteroatoms. The van der Waals surface area contributed by atoms with Gasteiger partial charge in [0, 0.05) is 19.2 Å². The Morgan fingerprint density at radius 1 is 1.47 bits per heavy atom. The quantitative estimate of drug-likeness (QED) is 0.906. The zero-order valence-corrected chi connectivity index (χ0v) is 13.1. The number of rotatable bonds is 5. The van der Waals surface area contributed by atoms with Crippen LogP contribution in [0.4, 0.5) is 0 Å². The minimum Gasteiger partial charge on any atom is -0.484 e. The van der Waals surface area contributed by atoms with Gasteiger partial charge < -0.3 is 14.6 Å². The van der Waals surface area contributed by atoms with Crippen LogP contribution in [0.2, 0.25) is 5.15 Å². The number of hydrogen-bond acceptors (Lipinski definition) is 3. The second-order valence-electron chi connectivity index (χ2n) is 4.10. The van der Waals surface area contributed by atoms with E-state index in [1.54, 1.807) is 10.8 Å². The predicted molar refractivity (Wildman–Crippen MR) is 79.5 cm³/mol. The van der Waals surface area contributed by atoms with E-state index in [9.17, 15) is 0 Å². The summed E-state index contributed by atoms with van der Waals surface area (Å²) in [4.78, 5) is 4.21. The molecule has 0 aliphatic heterocycles. The maximum atomic E-state index is 5.95. The summed E-state index contributed by atoms with van der Waals surface area (Å²) in [5.74, 6) is 1.62.